The van der Waals surface area contributed by atoms with Gasteiger partial charge in [0.25, 0.3) is 0 Å². The van der Waals surface area contributed by atoms with E-state index in [1.807, 2.05) is 0 Å². The number of nitrogens with one attached hydrogen (secondary N) is 1. The lowest BCUT2D eigenvalue weighted by atomic mass is 10.3. The van der Waals surface area contributed by atoms with Crippen molar-refractivity contribution in [2.75, 3.05) is 19.7 Å². The van der Waals surface area contributed by atoms with Crippen LogP contribution in [0.25, 0.3) is 0 Å². The van der Waals surface area contributed by atoms with Crippen LogP contribution in [0.15, 0.2) is 24.3 Å². The Labute approximate surface area is 110 Å². The van der Waals surface area contributed by atoms with E-state index >= 15 is 0 Å². The molecule has 0 spiro atoms. The summed E-state index contributed by atoms with van der Waals surface area (Å²) in [7, 11) is 0. The van der Waals surface area contributed by atoms with Crippen LogP contribution < -0.4 is 15.8 Å². The van der Waals surface area contributed by atoms with Gasteiger partial charge in [-0.3, -0.25) is 4.79 Å². The Morgan fingerprint density at radius 2 is 2.05 bits per heavy atom. The summed E-state index contributed by atoms with van der Waals surface area (Å²) in [6, 6.07) is 5.85. The fourth-order valence-electron chi connectivity index (χ4n) is 1.29. The van der Waals surface area contributed by atoms with Gasteiger partial charge in [-0.2, -0.15) is 0 Å². The van der Waals surface area contributed by atoms with E-state index < -0.39 is 23.9 Å². The van der Waals surface area contributed by atoms with Crippen molar-refractivity contribution in [2.45, 2.75) is 12.2 Å². The van der Waals surface area contributed by atoms with Crippen LogP contribution in [0.3, 0.4) is 0 Å². The summed E-state index contributed by atoms with van der Waals surface area (Å²) in [6.07, 6.45) is -2.21. The second-order valence-electron chi connectivity index (χ2n) is 3.97. The molecule has 19 heavy (non-hydrogen) atoms. The van der Waals surface area contributed by atoms with E-state index in [1.165, 1.54) is 18.2 Å². The molecule has 0 radical (unpaired) electrons. The van der Waals surface area contributed by atoms with Gasteiger partial charge in [0.2, 0.25) is 5.91 Å². The molecule has 0 saturated heterocycles. The molecular formula is C12H17FN2O4. The third kappa shape index (κ3) is 5.64. The van der Waals surface area contributed by atoms with E-state index in [9.17, 15) is 14.3 Å². The van der Waals surface area contributed by atoms with Gasteiger partial charge >= 0.3 is 0 Å². The molecule has 1 aromatic rings. The minimum Gasteiger partial charge on any atom is -0.488 e. The third-order valence-electron chi connectivity index (χ3n) is 2.31. The molecule has 6 nitrogen and oxygen atoms in total. The zero-order chi connectivity index (χ0) is 14.3. The number of halogens is 1. The molecule has 0 aliphatic carbocycles. The molecule has 0 fully saturated rings. The predicted molar refractivity (Wildman–Crippen MR) is 66.0 cm³/mol. The van der Waals surface area contributed by atoms with Crippen molar-refractivity contribution in [1.29, 1.82) is 0 Å². The highest BCUT2D eigenvalue weighted by Crippen LogP contribution is 2.15. The highest BCUT2D eigenvalue weighted by atomic mass is 19.1. The minimum atomic E-state index is -1.31. The van der Waals surface area contributed by atoms with Crippen molar-refractivity contribution in [3.05, 3.63) is 30.1 Å². The van der Waals surface area contributed by atoms with E-state index in [0.29, 0.717) is 0 Å². The van der Waals surface area contributed by atoms with Crippen LogP contribution in [0.1, 0.15) is 0 Å². The number of ether oxygens (including phenoxy) is 1. The number of aliphatic hydroxyl groups excluding tert-OH is 2. The fraction of sp³-hybridized carbons (Fsp3) is 0.417. The average Bonchev–Trinajstić information content (AvgIpc) is 2.37. The maximum absolute atomic E-state index is 13.2. The van der Waals surface area contributed by atoms with Crippen LogP contribution in [0.4, 0.5) is 4.39 Å². The summed E-state index contributed by atoms with van der Waals surface area (Å²) in [5, 5.41) is 21.3. The number of rotatable bonds is 8. The molecule has 0 bridgehead atoms. The normalized spacial score (nSPS) is 13.8. The molecule has 106 valence electrons. The highest BCUT2D eigenvalue weighted by Gasteiger charge is 2.12. The maximum Gasteiger partial charge on any atom is 0.247 e. The van der Waals surface area contributed by atoms with Gasteiger partial charge in [0, 0.05) is 13.1 Å². The first-order chi connectivity index (χ1) is 9.00. The molecular weight excluding hydrogens is 255 g/mol. The molecule has 2 atom stereocenters. The van der Waals surface area contributed by atoms with Crippen molar-refractivity contribution in [3.63, 3.8) is 0 Å². The van der Waals surface area contributed by atoms with Crippen molar-refractivity contribution in [1.82, 2.24) is 5.32 Å². The van der Waals surface area contributed by atoms with Gasteiger partial charge in [-0.25, -0.2) is 4.39 Å². The quantitative estimate of drug-likeness (QED) is 0.486. The Bertz CT molecular complexity index is 416. The van der Waals surface area contributed by atoms with Crippen LogP contribution in [-0.2, 0) is 4.79 Å². The van der Waals surface area contributed by atoms with Gasteiger partial charge in [0.05, 0.1) is 0 Å². The molecule has 0 aliphatic heterocycles. The van der Waals surface area contributed by atoms with Crippen molar-refractivity contribution in [2.24, 2.45) is 5.73 Å². The zero-order valence-electron chi connectivity index (χ0n) is 10.3. The van der Waals surface area contributed by atoms with Crippen LogP contribution in [0.2, 0.25) is 0 Å². The van der Waals surface area contributed by atoms with Gasteiger partial charge in [0.1, 0.15) is 18.8 Å². The fourth-order valence-corrected chi connectivity index (χ4v) is 1.29. The third-order valence-corrected chi connectivity index (χ3v) is 2.31. The van der Waals surface area contributed by atoms with Gasteiger partial charge < -0.3 is 26.0 Å². The molecule has 7 heteroatoms. The lowest BCUT2D eigenvalue weighted by Gasteiger charge is -2.14. The van der Waals surface area contributed by atoms with Gasteiger partial charge in [0.15, 0.2) is 11.6 Å². The number of amides is 1. The lowest BCUT2D eigenvalue weighted by molar-refractivity contribution is -0.125. The highest BCUT2D eigenvalue weighted by molar-refractivity contribution is 5.78. The molecule has 1 rings (SSSR count). The first kappa shape index (κ1) is 15.4. The number of para-hydroxylation sites is 1. The van der Waals surface area contributed by atoms with Gasteiger partial charge in [-0.1, -0.05) is 12.1 Å². The van der Waals surface area contributed by atoms with Gasteiger partial charge in [-0.05, 0) is 12.1 Å². The standard InChI is InChI=1S/C12H17FN2O4/c13-9-3-1-2-4-11(9)19-7-8(16)5-15-6-10(17)12(14)18/h1-4,8,10,15-17H,5-7H2,(H2,14,18). The first-order valence-corrected chi connectivity index (χ1v) is 5.74. The Morgan fingerprint density at radius 3 is 2.68 bits per heavy atom. The Hall–Kier alpha value is -1.70. The summed E-state index contributed by atoms with van der Waals surface area (Å²) in [6.45, 7) is -0.0918. The first-order valence-electron chi connectivity index (χ1n) is 5.74. The molecule has 0 saturated carbocycles. The summed E-state index contributed by atoms with van der Waals surface area (Å²) in [5.74, 6) is -1.30. The Kier molecular flexibility index (Phi) is 6.20. The van der Waals surface area contributed by atoms with Crippen molar-refractivity contribution < 1.29 is 24.1 Å². The summed E-state index contributed by atoms with van der Waals surface area (Å²) >= 11 is 0. The summed E-state index contributed by atoms with van der Waals surface area (Å²) in [4.78, 5) is 10.5. The molecule has 0 heterocycles. The maximum atomic E-state index is 13.2. The van der Waals surface area contributed by atoms with E-state index in [0.717, 1.165) is 0 Å². The number of aliphatic hydroxyl groups is 2. The summed E-state index contributed by atoms with van der Waals surface area (Å²) in [5.41, 5.74) is 4.85. The molecule has 5 N–H and O–H groups in total. The smallest absolute Gasteiger partial charge is 0.247 e. The topological polar surface area (TPSA) is 105 Å². The number of benzene rings is 1. The minimum absolute atomic E-state index is 0.0544. The molecule has 0 aromatic heterocycles. The van der Waals surface area contributed by atoms with Crippen LogP contribution in [0, 0.1) is 5.82 Å². The number of nitrogens with two attached hydrogens (primary N) is 1. The van der Waals surface area contributed by atoms with Gasteiger partial charge in [-0.15, -0.1) is 0 Å². The summed E-state index contributed by atoms with van der Waals surface area (Å²) < 4.78 is 18.3. The number of hydrogen-bond acceptors (Lipinski definition) is 5. The largest absolute Gasteiger partial charge is 0.488 e. The second-order valence-corrected chi connectivity index (χ2v) is 3.97. The molecule has 0 aliphatic rings. The van der Waals surface area contributed by atoms with Crippen LogP contribution >= 0.6 is 0 Å². The average molecular weight is 272 g/mol. The van der Waals surface area contributed by atoms with E-state index in [1.54, 1.807) is 6.07 Å². The van der Waals surface area contributed by atoms with E-state index in [2.05, 4.69) is 5.32 Å². The number of carbonyl (C=O) groups is 1. The number of carbonyl (C=O) groups excluding carboxylic acids is 1. The molecule has 1 aromatic carbocycles. The van der Waals surface area contributed by atoms with Crippen molar-refractivity contribution in [3.8, 4) is 5.75 Å². The number of hydrogen-bond donors (Lipinski definition) is 4. The monoisotopic (exact) mass is 272 g/mol. The van der Waals surface area contributed by atoms with Crippen molar-refractivity contribution >= 4 is 5.91 Å². The van der Waals surface area contributed by atoms with Crippen LogP contribution in [-0.4, -0.2) is 48.0 Å². The SMILES string of the molecule is NC(=O)C(O)CNCC(O)COc1ccccc1F. The van der Waals surface area contributed by atoms with Crippen LogP contribution in [0.5, 0.6) is 5.75 Å². The Balaban J connectivity index is 2.23. The molecule has 1 amide bonds. The van der Waals surface area contributed by atoms with E-state index in [-0.39, 0.29) is 25.4 Å². The zero-order valence-corrected chi connectivity index (χ0v) is 10.3. The predicted octanol–water partition coefficient (Wildman–Crippen LogP) is -0.999. The van der Waals surface area contributed by atoms with E-state index in [4.69, 9.17) is 15.6 Å². The Morgan fingerprint density at radius 1 is 1.37 bits per heavy atom. The lowest BCUT2D eigenvalue weighted by Crippen LogP contribution is -2.41. The number of primary amides is 1. The second kappa shape index (κ2) is 7.67. The molecule has 2 unspecified atom stereocenters.